The standard InChI is InChI=1S/C18H38S.Sn.2H/c1-5-7-9-11-13-15-17(3)19-18(4)16-14-12-10-8-6-2;;;/h17-18H,5-16H2,1-4H3;;;. The average molecular weight is 407 g/mol. The Balaban J connectivity index is 0. The van der Waals surface area contributed by atoms with Crippen molar-refractivity contribution in [2.75, 3.05) is 0 Å². The Morgan fingerprint density at radius 2 is 0.950 bits per heavy atom. The molecule has 0 saturated carbocycles. The molecule has 0 nitrogen and oxygen atoms in total. The second-order valence-corrected chi connectivity index (χ2v) is 8.04. The molecule has 2 unspecified atom stereocenters. The summed E-state index contributed by atoms with van der Waals surface area (Å²) in [5.41, 5.74) is 0. The molecule has 0 aliphatic carbocycles. The summed E-state index contributed by atoms with van der Waals surface area (Å²) in [6, 6.07) is 0. The van der Waals surface area contributed by atoms with E-state index < -0.39 is 0 Å². The Morgan fingerprint density at radius 1 is 0.600 bits per heavy atom. The van der Waals surface area contributed by atoms with Gasteiger partial charge in [-0.15, -0.1) is 0 Å². The molecule has 122 valence electrons. The summed E-state index contributed by atoms with van der Waals surface area (Å²) in [7, 11) is 0. The first-order valence-electron chi connectivity index (χ1n) is 8.86. The first-order valence-corrected chi connectivity index (χ1v) is 9.80. The van der Waals surface area contributed by atoms with Gasteiger partial charge in [0.25, 0.3) is 0 Å². The molecule has 0 fully saturated rings. The summed E-state index contributed by atoms with van der Waals surface area (Å²) in [4.78, 5) is 0. The Labute approximate surface area is 150 Å². The fraction of sp³-hybridized carbons (Fsp3) is 1.00. The summed E-state index contributed by atoms with van der Waals surface area (Å²) in [6.45, 7) is 9.44. The van der Waals surface area contributed by atoms with Crippen LogP contribution < -0.4 is 0 Å². The Hall–Kier alpha value is 1.15. The van der Waals surface area contributed by atoms with E-state index >= 15 is 0 Å². The van der Waals surface area contributed by atoms with Crippen molar-refractivity contribution in [1.29, 1.82) is 0 Å². The molecule has 0 aromatic rings. The molecule has 0 rings (SSSR count). The van der Waals surface area contributed by atoms with Gasteiger partial charge in [0.1, 0.15) is 0 Å². The maximum atomic E-state index is 2.43. The first-order chi connectivity index (χ1) is 9.20. The Morgan fingerprint density at radius 3 is 1.30 bits per heavy atom. The van der Waals surface area contributed by atoms with E-state index in [9.17, 15) is 0 Å². The van der Waals surface area contributed by atoms with Gasteiger partial charge in [-0.3, -0.25) is 0 Å². The average Bonchev–Trinajstić information content (AvgIpc) is 2.38. The van der Waals surface area contributed by atoms with Crippen LogP contribution in [0.5, 0.6) is 0 Å². The third-order valence-corrected chi connectivity index (χ3v) is 5.29. The van der Waals surface area contributed by atoms with Gasteiger partial charge < -0.3 is 0 Å². The Bertz CT molecular complexity index is 155. The molecule has 0 aromatic heterocycles. The summed E-state index contributed by atoms with van der Waals surface area (Å²) in [5.74, 6) is 0. The van der Waals surface area contributed by atoms with Gasteiger partial charge in [-0.1, -0.05) is 91.9 Å². The minimum absolute atomic E-state index is 0. The molecule has 0 N–H and O–H groups in total. The van der Waals surface area contributed by atoms with Crippen LogP contribution in [0.1, 0.15) is 105 Å². The predicted molar refractivity (Wildman–Crippen MR) is 102 cm³/mol. The molecule has 2 heteroatoms. The van der Waals surface area contributed by atoms with Crippen LogP contribution in [0.25, 0.3) is 0 Å². The fourth-order valence-electron chi connectivity index (χ4n) is 2.60. The molecule has 0 spiro atoms. The van der Waals surface area contributed by atoms with Gasteiger partial charge in [-0.05, 0) is 12.8 Å². The molecule has 0 saturated heterocycles. The molecule has 0 heterocycles. The van der Waals surface area contributed by atoms with Gasteiger partial charge in [0.05, 0.1) is 0 Å². The van der Waals surface area contributed by atoms with Crippen LogP contribution in [0.3, 0.4) is 0 Å². The van der Waals surface area contributed by atoms with E-state index in [0.717, 1.165) is 10.5 Å². The van der Waals surface area contributed by atoms with Crippen LogP contribution in [0.2, 0.25) is 0 Å². The second kappa shape index (κ2) is 18.2. The van der Waals surface area contributed by atoms with Crippen molar-refractivity contribution in [3.63, 3.8) is 0 Å². The number of thioether (sulfide) groups is 1. The van der Waals surface area contributed by atoms with Gasteiger partial charge in [0.2, 0.25) is 0 Å². The van der Waals surface area contributed by atoms with Crippen molar-refractivity contribution in [2.24, 2.45) is 0 Å². The molecule has 0 aliphatic rings. The van der Waals surface area contributed by atoms with E-state index in [4.69, 9.17) is 0 Å². The van der Waals surface area contributed by atoms with Gasteiger partial charge in [-0.25, -0.2) is 0 Å². The van der Waals surface area contributed by atoms with E-state index in [1.165, 1.54) is 77.0 Å². The number of rotatable bonds is 14. The van der Waals surface area contributed by atoms with Crippen LogP contribution >= 0.6 is 11.8 Å². The summed E-state index contributed by atoms with van der Waals surface area (Å²) < 4.78 is 0. The predicted octanol–water partition coefficient (Wildman–Crippen LogP) is 6.30. The van der Waals surface area contributed by atoms with E-state index in [-0.39, 0.29) is 23.9 Å². The monoisotopic (exact) mass is 408 g/mol. The third kappa shape index (κ3) is 17.2. The molecule has 2 atom stereocenters. The number of unbranched alkanes of at least 4 members (excludes halogenated alkanes) is 8. The van der Waals surface area contributed by atoms with Gasteiger partial charge in [0, 0.05) is 10.5 Å². The van der Waals surface area contributed by atoms with E-state index in [0.29, 0.717) is 0 Å². The van der Waals surface area contributed by atoms with Crippen LogP contribution in [0, 0.1) is 0 Å². The number of hydrogen-bond acceptors (Lipinski definition) is 1. The van der Waals surface area contributed by atoms with Crippen molar-refractivity contribution >= 4 is 35.7 Å². The molecule has 0 amide bonds. The fourth-order valence-corrected chi connectivity index (χ4v) is 4.00. The van der Waals surface area contributed by atoms with Crippen molar-refractivity contribution in [3.8, 4) is 0 Å². The molecule has 20 heavy (non-hydrogen) atoms. The molecular weight excluding hydrogens is 367 g/mol. The minimum atomic E-state index is 0. The normalized spacial score (nSPS) is 13.8. The van der Waals surface area contributed by atoms with Crippen LogP contribution in [0.15, 0.2) is 0 Å². The SMILES string of the molecule is CCCCCCCC(C)SC(C)CCCCCCC.[SnH2]. The molecule has 0 bridgehead atoms. The van der Waals surface area contributed by atoms with Gasteiger partial charge in [-0.2, -0.15) is 11.8 Å². The topological polar surface area (TPSA) is 0 Å². The van der Waals surface area contributed by atoms with E-state index in [1.54, 1.807) is 0 Å². The summed E-state index contributed by atoms with van der Waals surface area (Å²) in [6.07, 6.45) is 17.1. The van der Waals surface area contributed by atoms with E-state index in [1.807, 2.05) is 0 Å². The van der Waals surface area contributed by atoms with E-state index in [2.05, 4.69) is 39.5 Å². The zero-order valence-corrected chi connectivity index (χ0v) is 19.6. The maximum absolute atomic E-state index is 2.43. The molecule has 0 aliphatic heterocycles. The summed E-state index contributed by atoms with van der Waals surface area (Å²) >= 11 is 2.23. The summed E-state index contributed by atoms with van der Waals surface area (Å²) in [5, 5.41) is 1.74. The van der Waals surface area contributed by atoms with Crippen molar-refractivity contribution < 1.29 is 0 Å². The van der Waals surface area contributed by atoms with Crippen LogP contribution in [-0.2, 0) is 0 Å². The molecule has 0 aromatic carbocycles. The van der Waals surface area contributed by atoms with Crippen LogP contribution in [0.4, 0.5) is 0 Å². The molecule has 2 radical (unpaired) electrons. The van der Waals surface area contributed by atoms with Crippen LogP contribution in [-0.4, -0.2) is 34.4 Å². The van der Waals surface area contributed by atoms with Crippen molar-refractivity contribution in [1.82, 2.24) is 0 Å². The quantitative estimate of drug-likeness (QED) is 0.241. The first kappa shape index (κ1) is 23.4. The van der Waals surface area contributed by atoms with Gasteiger partial charge in [0.15, 0.2) is 0 Å². The van der Waals surface area contributed by atoms with Gasteiger partial charge >= 0.3 is 23.9 Å². The van der Waals surface area contributed by atoms with Crippen molar-refractivity contribution in [3.05, 3.63) is 0 Å². The third-order valence-electron chi connectivity index (χ3n) is 3.89. The second-order valence-electron chi connectivity index (χ2n) is 6.16. The van der Waals surface area contributed by atoms with Crippen molar-refractivity contribution in [2.45, 2.75) is 115 Å². The molecular formula is C18H40SSn. The zero-order valence-electron chi connectivity index (χ0n) is 14.8. The Kier molecular flexibility index (Phi) is 21.3. The zero-order chi connectivity index (χ0) is 14.3. The number of hydrogen-bond donors (Lipinski definition) is 0.